The molecule has 0 amide bonds. The third-order valence-corrected chi connectivity index (χ3v) is 4.70. The van der Waals surface area contributed by atoms with Crippen LogP contribution in [0.5, 0.6) is 5.75 Å². The van der Waals surface area contributed by atoms with Gasteiger partial charge in [0.05, 0.1) is 0 Å². The highest BCUT2D eigenvalue weighted by molar-refractivity contribution is 5.65. The number of hydrogen-bond acceptors (Lipinski definition) is 1. The highest BCUT2D eigenvalue weighted by atomic mass is 19.3. The fraction of sp³-hybridized carbons (Fsp3) is 0.217. The SMILES string of the molecule is CCCCc1ccc(-c2cc(F)c(C(F)(F)Oc3cc(F)c(F)c(F)c3)c(F)c2)c(F)c1. The Balaban J connectivity index is 1.95. The second-order valence-electron chi connectivity index (χ2n) is 7.05. The first-order valence-corrected chi connectivity index (χ1v) is 9.53. The van der Waals surface area contributed by atoms with E-state index in [2.05, 4.69) is 4.74 Å². The lowest BCUT2D eigenvalue weighted by atomic mass is 9.99. The molecule has 170 valence electrons. The van der Waals surface area contributed by atoms with Crippen molar-refractivity contribution in [3.05, 3.63) is 88.5 Å². The summed E-state index contributed by atoms with van der Waals surface area (Å²) in [6, 6.07) is 5.24. The Labute approximate surface area is 178 Å². The van der Waals surface area contributed by atoms with Gasteiger partial charge in [0.1, 0.15) is 28.8 Å². The van der Waals surface area contributed by atoms with E-state index in [0.29, 0.717) is 24.1 Å². The van der Waals surface area contributed by atoms with E-state index in [-0.39, 0.29) is 23.3 Å². The summed E-state index contributed by atoms with van der Waals surface area (Å²) in [6.07, 6.45) is -2.42. The van der Waals surface area contributed by atoms with Crippen LogP contribution < -0.4 is 4.74 Å². The minimum absolute atomic E-state index is 0.103. The minimum atomic E-state index is -4.72. The van der Waals surface area contributed by atoms with Crippen molar-refractivity contribution in [1.29, 1.82) is 0 Å². The van der Waals surface area contributed by atoms with Crippen LogP contribution in [-0.2, 0) is 12.5 Å². The van der Waals surface area contributed by atoms with Gasteiger partial charge in [-0.2, -0.15) is 8.78 Å². The number of rotatable bonds is 7. The Kier molecular flexibility index (Phi) is 6.76. The summed E-state index contributed by atoms with van der Waals surface area (Å²) >= 11 is 0. The Morgan fingerprint density at radius 2 is 1.34 bits per heavy atom. The molecule has 0 atom stereocenters. The summed E-state index contributed by atoms with van der Waals surface area (Å²) in [4.78, 5) is 0. The van der Waals surface area contributed by atoms with E-state index >= 15 is 0 Å². The molecule has 0 saturated carbocycles. The number of ether oxygens (including phenoxy) is 1. The van der Waals surface area contributed by atoms with Crippen LogP contribution in [0.15, 0.2) is 42.5 Å². The highest BCUT2D eigenvalue weighted by Gasteiger charge is 2.41. The zero-order chi connectivity index (χ0) is 23.6. The lowest BCUT2D eigenvalue weighted by molar-refractivity contribution is -0.189. The van der Waals surface area contributed by atoms with Gasteiger partial charge in [-0.25, -0.2) is 26.3 Å². The fourth-order valence-corrected chi connectivity index (χ4v) is 3.13. The third-order valence-electron chi connectivity index (χ3n) is 4.70. The topological polar surface area (TPSA) is 9.23 Å². The van der Waals surface area contributed by atoms with Crippen molar-refractivity contribution in [3.63, 3.8) is 0 Å². The second kappa shape index (κ2) is 9.18. The first kappa shape index (κ1) is 23.6. The molecule has 3 aromatic rings. The van der Waals surface area contributed by atoms with Gasteiger partial charge >= 0.3 is 6.11 Å². The molecule has 1 nitrogen and oxygen atoms in total. The van der Waals surface area contributed by atoms with Crippen LogP contribution in [-0.4, -0.2) is 0 Å². The summed E-state index contributed by atoms with van der Waals surface area (Å²) in [5.74, 6) is -11.1. The first-order chi connectivity index (χ1) is 15.0. The van der Waals surface area contributed by atoms with Crippen LogP contribution in [0.1, 0.15) is 30.9 Å². The molecule has 0 bridgehead atoms. The molecule has 0 aliphatic carbocycles. The van der Waals surface area contributed by atoms with Crippen molar-refractivity contribution in [2.45, 2.75) is 32.3 Å². The number of aryl methyl sites for hydroxylation is 1. The van der Waals surface area contributed by atoms with Gasteiger partial charge < -0.3 is 4.74 Å². The number of unbranched alkanes of at least 4 members (excludes halogenated alkanes) is 1. The molecular weight excluding hydrogens is 444 g/mol. The maximum Gasteiger partial charge on any atom is 0.432 e. The van der Waals surface area contributed by atoms with E-state index in [0.717, 1.165) is 12.8 Å². The van der Waals surface area contributed by atoms with Crippen LogP contribution in [0.3, 0.4) is 0 Å². The third kappa shape index (κ3) is 4.87. The largest absolute Gasteiger partial charge is 0.432 e. The fourth-order valence-electron chi connectivity index (χ4n) is 3.13. The molecule has 0 fully saturated rings. The van der Waals surface area contributed by atoms with Crippen molar-refractivity contribution in [2.75, 3.05) is 0 Å². The smallest absolute Gasteiger partial charge is 0.429 e. The average molecular weight is 460 g/mol. The van der Waals surface area contributed by atoms with E-state index in [9.17, 15) is 35.1 Å². The molecule has 0 aliphatic heterocycles. The van der Waals surface area contributed by atoms with Crippen LogP contribution in [0.4, 0.5) is 35.1 Å². The molecule has 0 saturated heterocycles. The van der Waals surface area contributed by atoms with E-state index in [1.165, 1.54) is 12.1 Å². The Morgan fingerprint density at radius 1 is 0.750 bits per heavy atom. The highest BCUT2D eigenvalue weighted by Crippen LogP contribution is 2.38. The summed E-state index contributed by atoms with van der Waals surface area (Å²) in [7, 11) is 0. The normalized spacial score (nSPS) is 11.7. The first-order valence-electron chi connectivity index (χ1n) is 9.53. The minimum Gasteiger partial charge on any atom is -0.429 e. The number of halogens is 8. The molecule has 0 radical (unpaired) electrons. The van der Waals surface area contributed by atoms with Gasteiger partial charge in [-0.1, -0.05) is 25.5 Å². The van der Waals surface area contributed by atoms with Crippen molar-refractivity contribution < 1.29 is 39.9 Å². The predicted octanol–water partition coefficient (Wildman–Crippen LogP) is 7.66. The average Bonchev–Trinajstić information content (AvgIpc) is 2.69. The molecule has 3 rings (SSSR count). The van der Waals surface area contributed by atoms with Crippen LogP contribution >= 0.6 is 0 Å². The number of hydrogen-bond donors (Lipinski definition) is 0. The van der Waals surface area contributed by atoms with Gasteiger partial charge in [-0.05, 0) is 42.2 Å². The molecule has 0 aliphatic rings. The maximum atomic E-state index is 14.5. The predicted molar refractivity (Wildman–Crippen MR) is 101 cm³/mol. The quantitative estimate of drug-likeness (QED) is 0.260. The van der Waals surface area contributed by atoms with Crippen molar-refractivity contribution in [2.24, 2.45) is 0 Å². The lowest BCUT2D eigenvalue weighted by Gasteiger charge is -2.20. The second-order valence-corrected chi connectivity index (χ2v) is 7.05. The molecular formula is C23H16F8O. The number of alkyl halides is 2. The summed E-state index contributed by atoms with van der Waals surface area (Å²) in [6.45, 7) is 1.96. The van der Waals surface area contributed by atoms with Crippen molar-refractivity contribution in [1.82, 2.24) is 0 Å². The van der Waals surface area contributed by atoms with E-state index in [4.69, 9.17) is 0 Å². The van der Waals surface area contributed by atoms with Gasteiger partial charge in [0.15, 0.2) is 17.5 Å². The Hall–Kier alpha value is -3.10. The Bertz CT molecular complexity index is 1100. The molecule has 0 heterocycles. The van der Waals surface area contributed by atoms with Crippen LogP contribution in [0.2, 0.25) is 0 Å². The monoisotopic (exact) mass is 460 g/mol. The van der Waals surface area contributed by atoms with Crippen LogP contribution in [0, 0.1) is 34.9 Å². The molecule has 0 aromatic heterocycles. The number of benzene rings is 3. The van der Waals surface area contributed by atoms with Crippen LogP contribution in [0.25, 0.3) is 11.1 Å². The van der Waals surface area contributed by atoms with Gasteiger partial charge in [-0.3, -0.25) is 0 Å². The molecule has 0 N–H and O–H groups in total. The van der Waals surface area contributed by atoms with Gasteiger partial charge in [0, 0.05) is 17.7 Å². The van der Waals surface area contributed by atoms with Gasteiger partial charge in [0.2, 0.25) is 0 Å². The molecule has 3 aromatic carbocycles. The zero-order valence-corrected chi connectivity index (χ0v) is 16.6. The van der Waals surface area contributed by atoms with E-state index < -0.39 is 52.3 Å². The molecule has 9 heteroatoms. The van der Waals surface area contributed by atoms with E-state index in [1.807, 2.05) is 6.92 Å². The van der Waals surface area contributed by atoms with Gasteiger partial charge in [0.25, 0.3) is 0 Å². The van der Waals surface area contributed by atoms with Gasteiger partial charge in [-0.15, -0.1) is 0 Å². The molecule has 0 spiro atoms. The van der Waals surface area contributed by atoms with Crippen molar-refractivity contribution >= 4 is 0 Å². The Morgan fingerprint density at radius 3 is 1.88 bits per heavy atom. The molecule has 32 heavy (non-hydrogen) atoms. The maximum absolute atomic E-state index is 14.5. The standard InChI is InChI=1S/C23H16F8O/c1-2-3-4-12-5-6-15(16(24)7-12)13-8-17(25)21(18(26)9-13)23(30,31)32-14-10-19(27)22(29)20(28)11-14/h5-11H,2-4H2,1H3. The summed E-state index contributed by atoms with van der Waals surface area (Å²) in [5.41, 5.74) is -1.73. The van der Waals surface area contributed by atoms with E-state index in [1.54, 1.807) is 6.07 Å². The summed E-state index contributed by atoms with van der Waals surface area (Å²) < 4.78 is 116. The zero-order valence-electron chi connectivity index (χ0n) is 16.6. The molecule has 0 unspecified atom stereocenters. The van der Waals surface area contributed by atoms with Crippen molar-refractivity contribution in [3.8, 4) is 16.9 Å². The lowest BCUT2D eigenvalue weighted by Crippen LogP contribution is -2.25. The summed E-state index contributed by atoms with van der Waals surface area (Å²) in [5, 5.41) is 0.